The second-order valence-corrected chi connectivity index (χ2v) is 7.12. The molecular formula is C18H23N5O2S. The first-order valence-electron chi connectivity index (χ1n) is 8.61. The lowest BCUT2D eigenvalue weighted by molar-refractivity contribution is -0.117. The Balaban J connectivity index is 1.47. The van der Waals surface area contributed by atoms with Crippen LogP contribution in [0.15, 0.2) is 35.7 Å². The van der Waals surface area contributed by atoms with Crippen LogP contribution in [0.5, 0.6) is 0 Å². The third kappa shape index (κ3) is 4.51. The Bertz CT molecular complexity index is 756. The molecule has 0 radical (unpaired) electrons. The number of urea groups is 1. The minimum Gasteiger partial charge on any atom is -0.368 e. The maximum absolute atomic E-state index is 12.4. The molecule has 3 rings (SSSR count). The molecule has 7 nitrogen and oxygen atoms in total. The highest BCUT2D eigenvalue weighted by Gasteiger charge is 2.24. The molecule has 1 aromatic heterocycles. The fourth-order valence-electron chi connectivity index (χ4n) is 2.77. The van der Waals surface area contributed by atoms with Crippen molar-refractivity contribution >= 4 is 34.1 Å². The lowest BCUT2D eigenvalue weighted by Gasteiger charge is -2.36. The van der Waals surface area contributed by atoms with Gasteiger partial charge in [-0.3, -0.25) is 4.79 Å². The van der Waals surface area contributed by atoms with Gasteiger partial charge in [-0.05, 0) is 26.0 Å². The van der Waals surface area contributed by atoms with Gasteiger partial charge in [-0.1, -0.05) is 18.2 Å². The molecule has 2 heterocycles. The monoisotopic (exact) mass is 373 g/mol. The minimum absolute atomic E-state index is 0.212. The second kappa shape index (κ2) is 8.18. The lowest BCUT2D eigenvalue weighted by Crippen LogP contribution is -2.54. The molecule has 26 heavy (non-hydrogen) atoms. The van der Waals surface area contributed by atoms with Crippen molar-refractivity contribution in [2.24, 2.45) is 0 Å². The van der Waals surface area contributed by atoms with Gasteiger partial charge in [0.1, 0.15) is 6.04 Å². The Hall–Kier alpha value is -2.61. The highest BCUT2D eigenvalue weighted by Crippen LogP contribution is 2.16. The number of carbonyl (C=O) groups excluding carboxylic acids is 2. The van der Waals surface area contributed by atoms with Crippen LogP contribution in [-0.4, -0.2) is 54.0 Å². The zero-order valence-electron chi connectivity index (χ0n) is 14.9. The molecule has 1 fully saturated rings. The molecule has 1 saturated heterocycles. The molecular weight excluding hydrogens is 350 g/mol. The van der Waals surface area contributed by atoms with Crippen LogP contribution in [0.3, 0.4) is 0 Å². The van der Waals surface area contributed by atoms with Crippen molar-refractivity contribution in [2.75, 3.05) is 36.4 Å². The Labute approximate surface area is 157 Å². The first-order valence-corrected chi connectivity index (χ1v) is 9.49. The van der Waals surface area contributed by atoms with E-state index in [9.17, 15) is 9.59 Å². The molecule has 0 unspecified atom stereocenters. The van der Waals surface area contributed by atoms with Gasteiger partial charge in [-0.15, -0.1) is 11.3 Å². The van der Waals surface area contributed by atoms with Crippen molar-refractivity contribution in [3.05, 3.63) is 41.4 Å². The van der Waals surface area contributed by atoms with Gasteiger partial charge in [0.2, 0.25) is 5.91 Å². The van der Waals surface area contributed by atoms with Crippen LogP contribution in [0, 0.1) is 6.92 Å². The summed E-state index contributed by atoms with van der Waals surface area (Å²) in [5.41, 5.74) is 2.03. The molecule has 1 aromatic carbocycles. The van der Waals surface area contributed by atoms with Gasteiger partial charge in [0.15, 0.2) is 5.13 Å². The smallest absolute Gasteiger partial charge is 0.318 e. The van der Waals surface area contributed by atoms with E-state index < -0.39 is 6.04 Å². The van der Waals surface area contributed by atoms with E-state index in [-0.39, 0.29) is 11.9 Å². The summed E-state index contributed by atoms with van der Waals surface area (Å²) in [6, 6.07) is 9.32. The van der Waals surface area contributed by atoms with Gasteiger partial charge in [-0.25, -0.2) is 9.78 Å². The van der Waals surface area contributed by atoms with Crippen molar-refractivity contribution in [3.8, 4) is 0 Å². The number of hydrogen-bond donors (Lipinski definition) is 2. The fourth-order valence-corrected chi connectivity index (χ4v) is 3.46. The van der Waals surface area contributed by atoms with E-state index in [4.69, 9.17) is 0 Å². The molecule has 1 aliphatic rings. The van der Waals surface area contributed by atoms with Crippen LogP contribution in [0.25, 0.3) is 0 Å². The van der Waals surface area contributed by atoms with Crippen LogP contribution in [0.2, 0.25) is 0 Å². The number of aromatic nitrogens is 1. The molecule has 1 aliphatic heterocycles. The van der Waals surface area contributed by atoms with Gasteiger partial charge in [-0.2, -0.15) is 0 Å². The molecule has 1 atom stereocenters. The van der Waals surface area contributed by atoms with Crippen molar-refractivity contribution in [2.45, 2.75) is 19.9 Å². The highest BCUT2D eigenvalue weighted by atomic mass is 32.1. The molecule has 0 aliphatic carbocycles. The Morgan fingerprint density at radius 1 is 1.15 bits per heavy atom. The summed E-state index contributed by atoms with van der Waals surface area (Å²) < 4.78 is 0. The maximum atomic E-state index is 12.4. The number of anilines is 2. The first-order chi connectivity index (χ1) is 12.5. The average molecular weight is 373 g/mol. The molecule has 2 N–H and O–H groups in total. The molecule has 138 valence electrons. The van der Waals surface area contributed by atoms with E-state index in [1.165, 1.54) is 17.0 Å². The maximum Gasteiger partial charge on any atom is 0.318 e. The minimum atomic E-state index is -0.626. The number of nitrogens with one attached hydrogen (secondary N) is 2. The summed E-state index contributed by atoms with van der Waals surface area (Å²) >= 11 is 1.37. The summed E-state index contributed by atoms with van der Waals surface area (Å²) in [6.45, 7) is 6.34. The number of thiazole rings is 1. The van der Waals surface area contributed by atoms with E-state index in [1.807, 2.05) is 30.5 Å². The number of nitrogens with zero attached hydrogens (tertiary/aromatic N) is 3. The van der Waals surface area contributed by atoms with Gasteiger partial charge < -0.3 is 20.4 Å². The number of hydrogen-bond acceptors (Lipinski definition) is 5. The topological polar surface area (TPSA) is 77.6 Å². The molecule has 8 heteroatoms. The average Bonchev–Trinajstić information content (AvgIpc) is 3.07. The zero-order valence-corrected chi connectivity index (χ0v) is 15.8. The second-order valence-electron chi connectivity index (χ2n) is 6.26. The van der Waals surface area contributed by atoms with Gasteiger partial charge in [0, 0.05) is 37.2 Å². The van der Waals surface area contributed by atoms with Crippen LogP contribution in [0.1, 0.15) is 12.6 Å². The Morgan fingerprint density at radius 2 is 1.85 bits per heavy atom. The quantitative estimate of drug-likeness (QED) is 0.862. The first kappa shape index (κ1) is 18.2. The zero-order chi connectivity index (χ0) is 18.5. The number of carbonyl (C=O) groups is 2. The van der Waals surface area contributed by atoms with Crippen LogP contribution in [-0.2, 0) is 4.79 Å². The third-order valence-electron chi connectivity index (χ3n) is 4.27. The van der Waals surface area contributed by atoms with E-state index in [2.05, 4.69) is 32.7 Å². The summed E-state index contributed by atoms with van der Waals surface area (Å²) in [5, 5.41) is 7.90. The Kier molecular flexibility index (Phi) is 5.72. The van der Waals surface area contributed by atoms with E-state index >= 15 is 0 Å². The summed E-state index contributed by atoms with van der Waals surface area (Å²) in [4.78, 5) is 32.8. The summed E-state index contributed by atoms with van der Waals surface area (Å²) in [5.74, 6) is -0.268. The summed E-state index contributed by atoms with van der Waals surface area (Å²) in [7, 11) is 0. The predicted octanol–water partition coefficient (Wildman–Crippen LogP) is 2.31. The van der Waals surface area contributed by atoms with Gasteiger partial charge >= 0.3 is 6.03 Å². The number of para-hydroxylation sites is 1. The van der Waals surface area contributed by atoms with Crippen LogP contribution in [0.4, 0.5) is 15.6 Å². The number of benzene rings is 1. The molecule has 3 amide bonds. The van der Waals surface area contributed by atoms with Crippen molar-refractivity contribution in [3.63, 3.8) is 0 Å². The molecule has 0 saturated carbocycles. The van der Waals surface area contributed by atoms with Crippen molar-refractivity contribution in [1.29, 1.82) is 0 Å². The largest absolute Gasteiger partial charge is 0.368 e. The molecule has 0 bridgehead atoms. The van der Waals surface area contributed by atoms with Crippen LogP contribution < -0.4 is 15.5 Å². The SMILES string of the molecule is Cc1csc(NC(=O)[C@H](C)NC(=O)N2CCN(c3ccccc3)CC2)n1. The Morgan fingerprint density at radius 3 is 2.46 bits per heavy atom. The van der Waals surface area contributed by atoms with E-state index in [1.54, 1.807) is 11.8 Å². The third-order valence-corrected chi connectivity index (χ3v) is 5.15. The van der Waals surface area contributed by atoms with E-state index in [0.29, 0.717) is 18.2 Å². The highest BCUT2D eigenvalue weighted by molar-refractivity contribution is 7.13. The molecule has 0 spiro atoms. The van der Waals surface area contributed by atoms with Crippen molar-refractivity contribution < 1.29 is 9.59 Å². The fraction of sp³-hybridized carbons (Fsp3) is 0.389. The van der Waals surface area contributed by atoms with E-state index in [0.717, 1.165) is 18.8 Å². The van der Waals surface area contributed by atoms with Gasteiger partial charge in [0.25, 0.3) is 0 Å². The number of piperazine rings is 1. The number of rotatable bonds is 4. The number of amides is 3. The number of aryl methyl sites for hydroxylation is 1. The van der Waals surface area contributed by atoms with Crippen LogP contribution >= 0.6 is 11.3 Å². The van der Waals surface area contributed by atoms with Gasteiger partial charge in [0.05, 0.1) is 5.69 Å². The normalized spacial score (nSPS) is 15.5. The summed E-state index contributed by atoms with van der Waals surface area (Å²) in [6.07, 6.45) is 0. The van der Waals surface area contributed by atoms with Crippen molar-refractivity contribution in [1.82, 2.24) is 15.2 Å². The molecule has 2 aromatic rings. The predicted molar refractivity (Wildman–Crippen MR) is 104 cm³/mol. The lowest BCUT2D eigenvalue weighted by atomic mass is 10.2. The standard InChI is InChI=1S/C18H23N5O2S/c1-13-12-26-17(19-13)21-16(24)14(2)20-18(25)23-10-8-22(9-11-23)15-6-4-3-5-7-15/h3-7,12,14H,8-11H2,1-2H3,(H,20,25)(H,19,21,24)/t14-/m0/s1.